The molecule has 1 aliphatic heterocycles. The first-order chi connectivity index (χ1) is 11.0. The molecule has 0 radical (unpaired) electrons. The van der Waals surface area contributed by atoms with E-state index in [4.69, 9.17) is 9.47 Å². The molecular weight excluding hydrogens is 312 g/mol. The Bertz CT molecular complexity index is 595. The Balaban J connectivity index is 1.75. The Morgan fingerprint density at radius 2 is 1.87 bits per heavy atom. The molecule has 0 saturated carbocycles. The number of fused-ring (bicyclic) bond motifs is 1. The molecular formula is C18H28O4S. The molecule has 1 aliphatic rings. The fraction of sp³-hybridized carbons (Fsp3) is 0.667. The van der Waals surface area contributed by atoms with E-state index in [9.17, 15) is 8.42 Å². The molecule has 1 aromatic carbocycles. The second kappa shape index (κ2) is 8.57. The third-order valence-corrected chi connectivity index (χ3v) is 6.73. The molecule has 1 heterocycles. The molecule has 0 saturated heterocycles. The molecule has 0 aromatic heterocycles. The van der Waals surface area contributed by atoms with Gasteiger partial charge in [0, 0.05) is 0 Å². The van der Waals surface area contributed by atoms with E-state index >= 15 is 0 Å². The maximum Gasteiger partial charge on any atom is 0.231 e. The summed E-state index contributed by atoms with van der Waals surface area (Å²) < 4.78 is 35.3. The van der Waals surface area contributed by atoms with Crippen LogP contribution in [0.4, 0.5) is 0 Å². The monoisotopic (exact) mass is 340 g/mol. The van der Waals surface area contributed by atoms with Crippen molar-refractivity contribution < 1.29 is 17.9 Å². The highest BCUT2D eigenvalue weighted by Crippen LogP contribution is 2.32. The van der Waals surface area contributed by atoms with E-state index in [-0.39, 0.29) is 17.8 Å². The van der Waals surface area contributed by atoms with Crippen molar-refractivity contribution in [1.29, 1.82) is 0 Å². The van der Waals surface area contributed by atoms with E-state index in [1.165, 1.54) is 12.8 Å². The van der Waals surface area contributed by atoms with Crippen LogP contribution in [0, 0.1) is 0 Å². The van der Waals surface area contributed by atoms with Gasteiger partial charge in [0.05, 0.1) is 11.0 Å². The van der Waals surface area contributed by atoms with Crippen LogP contribution >= 0.6 is 0 Å². The first-order valence-electron chi connectivity index (χ1n) is 8.63. The number of hydrogen-bond acceptors (Lipinski definition) is 4. The van der Waals surface area contributed by atoms with Crippen LogP contribution in [-0.4, -0.2) is 26.2 Å². The van der Waals surface area contributed by atoms with E-state index in [0.29, 0.717) is 6.42 Å². The van der Waals surface area contributed by atoms with Gasteiger partial charge in [-0.05, 0) is 43.9 Å². The second-order valence-electron chi connectivity index (χ2n) is 6.32. The average molecular weight is 340 g/mol. The molecule has 1 unspecified atom stereocenters. The summed E-state index contributed by atoms with van der Waals surface area (Å²) in [5, 5.41) is -0.226. The summed E-state index contributed by atoms with van der Waals surface area (Å²) in [6.07, 6.45) is 6.70. The van der Waals surface area contributed by atoms with E-state index in [1.54, 1.807) is 0 Å². The summed E-state index contributed by atoms with van der Waals surface area (Å²) in [6.45, 7) is 4.28. The number of ether oxygens (including phenoxy) is 2. The second-order valence-corrected chi connectivity index (χ2v) is 8.86. The Hall–Kier alpha value is -1.23. The Kier molecular flexibility index (Phi) is 6.75. The standard InChI is InChI=1S/C18H28O4S/c1-3-4-5-6-8-15(2)23(19,20)12-7-9-16-10-11-17-18(13-16)22-14-21-17/h10-11,13,15H,3-9,12,14H2,1-2H3. The molecule has 1 atom stereocenters. The fourth-order valence-corrected chi connectivity index (χ4v) is 4.29. The van der Waals surface area contributed by atoms with Gasteiger partial charge in [-0.25, -0.2) is 8.42 Å². The van der Waals surface area contributed by atoms with Crippen LogP contribution in [0.25, 0.3) is 0 Å². The molecule has 0 fully saturated rings. The quantitative estimate of drug-likeness (QED) is 0.601. The summed E-state index contributed by atoms with van der Waals surface area (Å²) in [6, 6.07) is 5.82. The summed E-state index contributed by atoms with van der Waals surface area (Å²) >= 11 is 0. The summed E-state index contributed by atoms with van der Waals surface area (Å²) in [7, 11) is -2.99. The normalized spacial score (nSPS) is 14.9. The molecule has 23 heavy (non-hydrogen) atoms. The highest BCUT2D eigenvalue weighted by atomic mass is 32.2. The third-order valence-electron chi connectivity index (χ3n) is 4.41. The van der Waals surface area contributed by atoms with Crippen molar-refractivity contribution >= 4 is 9.84 Å². The lowest BCUT2D eigenvalue weighted by molar-refractivity contribution is 0.174. The number of hydrogen-bond donors (Lipinski definition) is 0. The van der Waals surface area contributed by atoms with Gasteiger partial charge in [-0.2, -0.15) is 0 Å². The zero-order chi connectivity index (χ0) is 16.7. The van der Waals surface area contributed by atoms with Crippen LogP contribution < -0.4 is 9.47 Å². The van der Waals surface area contributed by atoms with Crippen LogP contribution in [0.5, 0.6) is 11.5 Å². The zero-order valence-electron chi connectivity index (χ0n) is 14.2. The Morgan fingerprint density at radius 1 is 1.09 bits per heavy atom. The number of benzene rings is 1. The number of sulfone groups is 1. The van der Waals surface area contributed by atoms with E-state index < -0.39 is 9.84 Å². The number of unbranched alkanes of at least 4 members (excludes halogenated alkanes) is 3. The largest absolute Gasteiger partial charge is 0.454 e. The molecule has 0 amide bonds. The molecule has 0 spiro atoms. The van der Waals surface area contributed by atoms with E-state index in [0.717, 1.165) is 42.7 Å². The zero-order valence-corrected chi connectivity index (χ0v) is 15.0. The minimum absolute atomic E-state index is 0.226. The SMILES string of the molecule is CCCCCCC(C)S(=O)(=O)CCCc1ccc2c(c1)OCO2. The molecule has 130 valence electrons. The highest BCUT2D eigenvalue weighted by molar-refractivity contribution is 7.91. The van der Waals surface area contributed by atoms with Crippen molar-refractivity contribution in [2.45, 2.75) is 64.0 Å². The van der Waals surface area contributed by atoms with Gasteiger partial charge in [0.2, 0.25) is 6.79 Å². The smallest absolute Gasteiger partial charge is 0.231 e. The minimum Gasteiger partial charge on any atom is -0.454 e. The lowest BCUT2D eigenvalue weighted by atomic mass is 10.1. The summed E-state index contributed by atoms with van der Waals surface area (Å²) in [5.74, 6) is 1.79. The van der Waals surface area contributed by atoms with Gasteiger partial charge >= 0.3 is 0 Å². The number of rotatable bonds is 10. The number of aryl methyl sites for hydroxylation is 1. The van der Waals surface area contributed by atoms with Gasteiger partial charge in [-0.3, -0.25) is 0 Å². The van der Waals surface area contributed by atoms with Gasteiger partial charge < -0.3 is 9.47 Å². The Labute approximate surface area is 140 Å². The van der Waals surface area contributed by atoms with Crippen LogP contribution in [0.3, 0.4) is 0 Å². The van der Waals surface area contributed by atoms with Crippen LogP contribution in [0.15, 0.2) is 18.2 Å². The predicted octanol–water partition coefficient (Wildman–Crippen LogP) is 4.12. The molecule has 0 bridgehead atoms. The van der Waals surface area contributed by atoms with Crippen molar-refractivity contribution in [3.63, 3.8) is 0 Å². The molecule has 0 aliphatic carbocycles. The first kappa shape index (κ1) is 18.1. The lowest BCUT2D eigenvalue weighted by Gasteiger charge is -2.13. The maximum absolute atomic E-state index is 12.3. The third kappa shape index (κ3) is 5.41. The molecule has 2 rings (SSSR count). The average Bonchev–Trinajstić information content (AvgIpc) is 2.98. The van der Waals surface area contributed by atoms with Gasteiger partial charge in [0.1, 0.15) is 0 Å². The van der Waals surface area contributed by atoms with Gasteiger partial charge in [0.25, 0.3) is 0 Å². The summed E-state index contributed by atoms with van der Waals surface area (Å²) in [5.41, 5.74) is 1.10. The maximum atomic E-state index is 12.3. The molecule has 0 N–H and O–H groups in total. The predicted molar refractivity (Wildman–Crippen MR) is 92.9 cm³/mol. The molecule has 1 aromatic rings. The fourth-order valence-electron chi connectivity index (χ4n) is 2.81. The first-order valence-corrected chi connectivity index (χ1v) is 10.3. The Morgan fingerprint density at radius 3 is 2.65 bits per heavy atom. The van der Waals surface area contributed by atoms with Crippen LogP contribution in [0.2, 0.25) is 0 Å². The minimum atomic E-state index is -2.99. The van der Waals surface area contributed by atoms with E-state index in [2.05, 4.69) is 6.92 Å². The van der Waals surface area contributed by atoms with Gasteiger partial charge in [-0.15, -0.1) is 0 Å². The van der Waals surface area contributed by atoms with Crippen molar-refractivity contribution in [3.8, 4) is 11.5 Å². The highest BCUT2D eigenvalue weighted by Gasteiger charge is 2.20. The van der Waals surface area contributed by atoms with Crippen LogP contribution in [0.1, 0.15) is 57.9 Å². The summed E-state index contributed by atoms with van der Waals surface area (Å²) in [4.78, 5) is 0. The van der Waals surface area contributed by atoms with Gasteiger partial charge in [-0.1, -0.05) is 38.7 Å². The van der Waals surface area contributed by atoms with E-state index in [1.807, 2.05) is 25.1 Å². The molecule has 5 heteroatoms. The van der Waals surface area contributed by atoms with Crippen molar-refractivity contribution in [2.75, 3.05) is 12.5 Å². The van der Waals surface area contributed by atoms with Crippen molar-refractivity contribution in [2.24, 2.45) is 0 Å². The topological polar surface area (TPSA) is 52.6 Å². The van der Waals surface area contributed by atoms with Crippen LogP contribution in [-0.2, 0) is 16.3 Å². The van der Waals surface area contributed by atoms with Crippen molar-refractivity contribution in [1.82, 2.24) is 0 Å². The lowest BCUT2D eigenvalue weighted by Crippen LogP contribution is -2.21. The molecule has 4 nitrogen and oxygen atoms in total. The van der Waals surface area contributed by atoms with Gasteiger partial charge in [0.15, 0.2) is 21.3 Å². The van der Waals surface area contributed by atoms with Crippen molar-refractivity contribution in [3.05, 3.63) is 23.8 Å².